The van der Waals surface area contributed by atoms with Crippen LogP contribution in [0.15, 0.2) is 54.4 Å². The summed E-state index contributed by atoms with van der Waals surface area (Å²) in [6.07, 6.45) is 6.91. The molecule has 192 valence electrons. The van der Waals surface area contributed by atoms with E-state index in [1.165, 1.54) is 30.7 Å². The Morgan fingerprint density at radius 3 is 2.73 bits per heavy atom. The van der Waals surface area contributed by atoms with Gasteiger partial charge in [0.25, 0.3) is 0 Å². The normalized spacial score (nSPS) is 14.8. The average molecular weight is 543 g/mol. The Labute approximate surface area is 223 Å². The van der Waals surface area contributed by atoms with Crippen molar-refractivity contribution in [3.63, 3.8) is 0 Å². The first-order valence-corrected chi connectivity index (χ1v) is 12.2. The molecule has 0 bridgehead atoms. The Morgan fingerprint density at radius 1 is 1.30 bits per heavy atom. The molecule has 1 amide bonds. The maximum absolute atomic E-state index is 14.7. The van der Waals surface area contributed by atoms with Crippen molar-refractivity contribution >= 4 is 63.3 Å². The highest BCUT2D eigenvalue weighted by atomic mass is 35.5. The van der Waals surface area contributed by atoms with E-state index >= 15 is 0 Å². The third kappa shape index (κ3) is 5.68. The van der Waals surface area contributed by atoms with E-state index < -0.39 is 5.82 Å². The molecule has 2 heterocycles. The van der Waals surface area contributed by atoms with Gasteiger partial charge >= 0.3 is 0 Å². The second-order valence-corrected chi connectivity index (χ2v) is 9.08. The zero-order valence-corrected chi connectivity index (χ0v) is 21.6. The first-order valence-electron chi connectivity index (χ1n) is 11.5. The lowest BCUT2D eigenvalue weighted by Gasteiger charge is -2.32. The summed E-state index contributed by atoms with van der Waals surface area (Å²) in [5.74, 6) is 0.0969. The number of likely N-dealkylation sites (tertiary alicyclic amines) is 1. The molecule has 11 heteroatoms. The van der Waals surface area contributed by atoms with Crippen molar-refractivity contribution in [2.45, 2.75) is 18.9 Å². The monoisotopic (exact) mass is 542 g/mol. The molecule has 37 heavy (non-hydrogen) atoms. The molecule has 1 aromatic heterocycles. The minimum absolute atomic E-state index is 0.0975. The number of amides is 1. The van der Waals surface area contributed by atoms with Crippen LogP contribution in [0, 0.1) is 5.82 Å². The van der Waals surface area contributed by atoms with E-state index in [1.54, 1.807) is 24.2 Å². The molecule has 0 aliphatic carbocycles. The molecule has 1 saturated heterocycles. The summed E-state index contributed by atoms with van der Waals surface area (Å²) in [7, 11) is 1.65. The quantitative estimate of drug-likeness (QED) is 0.236. The number of anilines is 2. The van der Waals surface area contributed by atoms with Crippen molar-refractivity contribution in [3.8, 4) is 5.75 Å². The third-order valence-corrected chi connectivity index (χ3v) is 6.79. The van der Waals surface area contributed by atoms with Crippen LogP contribution in [0.5, 0.6) is 5.75 Å². The molecule has 3 aromatic rings. The summed E-state index contributed by atoms with van der Waals surface area (Å²) in [4.78, 5) is 26.5. The van der Waals surface area contributed by atoms with Gasteiger partial charge in [-0.2, -0.15) is 0 Å². The van der Waals surface area contributed by atoms with Gasteiger partial charge in [0.15, 0.2) is 5.82 Å². The number of carbonyl (C=O) groups is 1. The van der Waals surface area contributed by atoms with Crippen molar-refractivity contribution in [1.82, 2.24) is 14.9 Å². The van der Waals surface area contributed by atoms with Crippen LogP contribution >= 0.6 is 23.2 Å². The molecule has 1 aliphatic rings. The van der Waals surface area contributed by atoms with E-state index in [0.717, 1.165) is 0 Å². The van der Waals surface area contributed by atoms with E-state index in [0.29, 0.717) is 59.5 Å². The smallest absolute Gasteiger partial charge is 0.245 e. The second-order valence-electron chi connectivity index (χ2n) is 8.29. The number of nitrogens with zero attached hydrogens (tertiary/aromatic N) is 4. The number of nitrogens with two attached hydrogens (primary N) is 1. The van der Waals surface area contributed by atoms with Crippen molar-refractivity contribution in [2.75, 3.05) is 25.5 Å². The molecule has 2 aromatic carbocycles. The maximum Gasteiger partial charge on any atom is 0.245 e. The van der Waals surface area contributed by atoms with Crippen LogP contribution in [0.2, 0.25) is 10.0 Å². The number of piperidine rings is 1. The standard InChI is InChI=1S/C26H25Cl2FN6O2/c1-3-23(36)35-8-6-16(7-9-35)37-22-11-18-21(10-17(22)15(12-30)13-31-2)32-14-33-26(18)34-20-5-4-19(27)24(28)25(20)29/h3-5,10-14,16H,1,6-9,30H2,2H3,(H,32,33,34). The van der Waals surface area contributed by atoms with Gasteiger partial charge in [0.05, 0.1) is 21.2 Å². The summed E-state index contributed by atoms with van der Waals surface area (Å²) in [5, 5.41) is 3.50. The maximum atomic E-state index is 14.7. The molecular weight excluding hydrogens is 518 g/mol. The number of benzene rings is 2. The fourth-order valence-corrected chi connectivity index (χ4v) is 4.41. The minimum atomic E-state index is -0.692. The van der Waals surface area contributed by atoms with Crippen molar-refractivity contribution in [1.29, 1.82) is 0 Å². The summed E-state index contributed by atoms with van der Waals surface area (Å²) in [6.45, 7) is 4.67. The summed E-state index contributed by atoms with van der Waals surface area (Å²) in [5.41, 5.74) is 7.93. The number of halogens is 3. The summed E-state index contributed by atoms with van der Waals surface area (Å²) >= 11 is 11.9. The Bertz CT molecular complexity index is 1400. The Hall–Kier alpha value is -3.69. The zero-order valence-electron chi connectivity index (χ0n) is 20.0. The van der Waals surface area contributed by atoms with E-state index in [1.807, 2.05) is 6.07 Å². The van der Waals surface area contributed by atoms with Gasteiger partial charge in [0.1, 0.15) is 24.0 Å². The minimum Gasteiger partial charge on any atom is -0.490 e. The molecule has 3 N–H and O–H groups in total. The first kappa shape index (κ1) is 26.4. The molecule has 0 spiro atoms. The molecule has 0 saturated carbocycles. The number of nitrogens with one attached hydrogen (secondary N) is 1. The van der Waals surface area contributed by atoms with Crippen LogP contribution in [0.3, 0.4) is 0 Å². The Balaban J connectivity index is 1.74. The zero-order chi connectivity index (χ0) is 26.5. The lowest BCUT2D eigenvalue weighted by Crippen LogP contribution is -2.41. The molecule has 0 unspecified atom stereocenters. The topological polar surface area (TPSA) is 106 Å². The molecular formula is C26H25Cl2FN6O2. The molecule has 0 atom stereocenters. The highest BCUT2D eigenvalue weighted by Gasteiger charge is 2.24. The van der Waals surface area contributed by atoms with Crippen LogP contribution < -0.4 is 15.8 Å². The van der Waals surface area contributed by atoms with Gasteiger partial charge in [0, 0.05) is 61.9 Å². The molecule has 1 fully saturated rings. The van der Waals surface area contributed by atoms with Crippen LogP contribution in [0.4, 0.5) is 15.9 Å². The highest BCUT2D eigenvalue weighted by molar-refractivity contribution is 6.42. The summed E-state index contributed by atoms with van der Waals surface area (Å²) < 4.78 is 21.2. The fraction of sp³-hybridized carbons (Fsp3) is 0.231. The predicted molar refractivity (Wildman–Crippen MR) is 146 cm³/mol. The van der Waals surface area contributed by atoms with Crippen LogP contribution in [0.25, 0.3) is 16.5 Å². The number of ether oxygens (including phenoxy) is 1. The Morgan fingerprint density at radius 2 is 2.05 bits per heavy atom. The average Bonchev–Trinajstić information content (AvgIpc) is 2.92. The van der Waals surface area contributed by atoms with Crippen molar-refractivity contribution in [3.05, 3.63) is 70.9 Å². The van der Waals surface area contributed by atoms with E-state index in [-0.39, 0.29) is 27.7 Å². The van der Waals surface area contributed by atoms with Gasteiger partial charge in [0.2, 0.25) is 5.91 Å². The van der Waals surface area contributed by atoms with Crippen LogP contribution in [-0.4, -0.2) is 53.2 Å². The molecule has 8 nitrogen and oxygen atoms in total. The molecule has 1 aliphatic heterocycles. The number of hydrogen-bond donors (Lipinski definition) is 2. The van der Waals surface area contributed by atoms with Crippen LogP contribution in [0.1, 0.15) is 18.4 Å². The van der Waals surface area contributed by atoms with Gasteiger partial charge < -0.3 is 20.7 Å². The van der Waals surface area contributed by atoms with Gasteiger partial charge in [-0.15, -0.1) is 0 Å². The van der Waals surface area contributed by atoms with Gasteiger partial charge in [-0.3, -0.25) is 9.79 Å². The fourth-order valence-electron chi connectivity index (χ4n) is 4.10. The first-order chi connectivity index (χ1) is 17.9. The number of carbonyl (C=O) groups excluding carboxylic acids is 1. The van der Waals surface area contributed by atoms with Crippen LogP contribution in [-0.2, 0) is 4.79 Å². The van der Waals surface area contributed by atoms with Gasteiger partial charge in [-0.25, -0.2) is 14.4 Å². The number of aromatic nitrogens is 2. The SMILES string of the molecule is C=CC(=O)N1CCC(Oc2cc3c(Nc4ccc(Cl)c(Cl)c4F)ncnc3cc2C(C=NC)=CN)CC1. The largest absolute Gasteiger partial charge is 0.490 e. The number of aliphatic imine (C=N–C) groups is 1. The lowest BCUT2D eigenvalue weighted by molar-refractivity contribution is -0.127. The number of fused-ring (bicyclic) bond motifs is 1. The highest BCUT2D eigenvalue weighted by Crippen LogP contribution is 2.36. The number of allylic oxidation sites excluding steroid dienone is 1. The predicted octanol–water partition coefficient (Wildman–Crippen LogP) is 5.38. The van der Waals surface area contributed by atoms with E-state index in [4.69, 9.17) is 33.7 Å². The summed E-state index contributed by atoms with van der Waals surface area (Å²) in [6, 6.07) is 6.59. The third-order valence-electron chi connectivity index (χ3n) is 6.01. The van der Waals surface area contributed by atoms with Gasteiger partial charge in [-0.05, 0) is 30.3 Å². The number of rotatable bonds is 7. The second kappa shape index (κ2) is 11.6. The van der Waals surface area contributed by atoms with Gasteiger partial charge in [-0.1, -0.05) is 29.8 Å². The van der Waals surface area contributed by atoms with E-state index in [2.05, 4.69) is 26.9 Å². The number of hydrogen-bond acceptors (Lipinski definition) is 7. The molecule has 0 radical (unpaired) electrons. The molecule has 4 rings (SSSR count). The van der Waals surface area contributed by atoms with Crippen molar-refractivity contribution < 1.29 is 13.9 Å². The Kier molecular flexibility index (Phi) is 8.25. The lowest BCUT2D eigenvalue weighted by atomic mass is 10.0. The van der Waals surface area contributed by atoms with E-state index in [9.17, 15) is 9.18 Å². The van der Waals surface area contributed by atoms with Crippen molar-refractivity contribution in [2.24, 2.45) is 10.7 Å².